The van der Waals surface area contributed by atoms with Crippen LogP contribution in [0.15, 0.2) is 48.2 Å². The topological polar surface area (TPSA) is 89.0 Å². The summed E-state index contributed by atoms with van der Waals surface area (Å²) < 4.78 is 11.2. The molecular weight excluding hydrogens is 396 g/mol. The van der Waals surface area contributed by atoms with Crippen molar-refractivity contribution in [2.45, 2.75) is 38.8 Å². The van der Waals surface area contributed by atoms with Gasteiger partial charge in [0.15, 0.2) is 0 Å². The molecule has 162 valence electrons. The third-order valence-electron chi connectivity index (χ3n) is 5.47. The van der Waals surface area contributed by atoms with E-state index < -0.39 is 17.7 Å². The first kappa shape index (κ1) is 21.1. The Balaban J connectivity index is 1.76. The van der Waals surface area contributed by atoms with E-state index in [-0.39, 0.29) is 30.6 Å². The Morgan fingerprint density at radius 1 is 1.29 bits per heavy atom. The molecule has 1 N–H and O–H groups in total. The molecule has 1 unspecified atom stereocenters. The maximum Gasteiger partial charge on any atom is 0.295 e. The summed E-state index contributed by atoms with van der Waals surface area (Å²) in [6, 6.07) is 9.87. The molecule has 0 aliphatic carbocycles. The van der Waals surface area contributed by atoms with Crippen molar-refractivity contribution in [3.63, 3.8) is 0 Å². The maximum absolute atomic E-state index is 13.0. The molecule has 0 bridgehead atoms. The molecule has 2 aliphatic heterocycles. The van der Waals surface area contributed by atoms with Crippen molar-refractivity contribution in [3.8, 4) is 5.75 Å². The normalized spacial score (nSPS) is 20.1. The Hall–Kier alpha value is -3.19. The minimum Gasteiger partial charge on any atom is -0.507 e. The molecule has 0 spiro atoms. The van der Waals surface area contributed by atoms with Crippen molar-refractivity contribution in [1.82, 2.24) is 9.88 Å². The number of likely N-dealkylation sites (tertiary alicyclic amines) is 1. The Kier molecular flexibility index (Phi) is 6.04. The zero-order valence-electron chi connectivity index (χ0n) is 17.7. The van der Waals surface area contributed by atoms with Gasteiger partial charge in [0, 0.05) is 18.3 Å². The fourth-order valence-electron chi connectivity index (χ4n) is 4.01. The molecule has 7 nitrogen and oxygen atoms in total. The van der Waals surface area contributed by atoms with Crippen LogP contribution in [0.2, 0.25) is 0 Å². The van der Waals surface area contributed by atoms with Gasteiger partial charge in [-0.2, -0.15) is 0 Å². The number of aromatic nitrogens is 1. The Morgan fingerprint density at radius 2 is 2.13 bits per heavy atom. The molecule has 1 aromatic heterocycles. The smallest absolute Gasteiger partial charge is 0.295 e. The number of carbonyl (C=O) groups is 2. The number of benzene rings is 1. The number of fused-ring (bicyclic) bond motifs is 1. The predicted octanol–water partition coefficient (Wildman–Crippen LogP) is 3.25. The first-order chi connectivity index (χ1) is 15.0. The van der Waals surface area contributed by atoms with Gasteiger partial charge < -0.3 is 19.5 Å². The van der Waals surface area contributed by atoms with Crippen LogP contribution < -0.4 is 4.74 Å². The fraction of sp³-hybridized carbons (Fsp3) is 0.375. The van der Waals surface area contributed by atoms with Crippen molar-refractivity contribution in [1.29, 1.82) is 0 Å². The van der Waals surface area contributed by atoms with E-state index in [0.29, 0.717) is 17.9 Å². The summed E-state index contributed by atoms with van der Waals surface area (Å²) in [5.74, 6) is -0.789. The number of aliphatic hydroxyl groups excluding tert-OH is 1. The monoisotopic (exact) mass is 422 g/mol. The number of amides is 1. The highest BCUT2D eigenvalue weighted by Crippen LogP contribution is 2.39. The molecule has 0 saturated carbocycles. The first-order valence-corrected chi connectivity index (χ1v) is 10.5. The minimum atomic E-state index is -0.774. The number of Topliss-reactive ketones (excluding diaryl/α,β-unsaturated/α-hetero) is 1. The lowest BCUT2D eigenvalue weighted by Gasteiger charge is -2.25. The average molecular weight is 422 g/mol. The molecule has 2 aromatic rings. The quantitative estimate of drug-likeness (QED) is 0.437. The summed E-state index contributed by atoms with van der Waals surface area (Å²) in [5, 5.41) is 11.2. The molecule has 4 rings (SSSR count). The number of rotatable bonds is 6. The molecule has 1 fully saturated rings. The molecule has 0 radical (unpaired) electrons. The molecule has 31 heavy (non-hydrogen) atoms. The number of ether oxygens (including phenoxy) is 2. The van der Waals surface area contributed by atoms with Crippen LogP contribution in [0.1, 0.15) is 43.1 Å². The van der Waals surface area contributed by atoms with Crippen LogP contribution in [0.4, 0.5) is 0 Å². The molecule has 1 atom stereocenters. The molecule has 1 amide bonds. The number of hydrogen-bond acceptors (Lipinski definition) is 6. The van der Waals surface area contributed by atoms with Crippen molar-refractivity contribution < 1.29 is 24.2 Å². The molecule has 2 aliphatic rings. The van der Waals surface area contributed by atoms with Crippen LogP contribution in [-0.2, 0) is 20.7 Å². The molecular formula is C24H26N2O5. The number of ketones is 1. The number of nitrogens with zero attached hydrogens (tertiary/aromatic N) is 2. The largest absolute Gasteiger partial charge is 0.507 e. The average Bonchev–Trinajstić information content (AvgIpc) is 3.03. The van der Waals surface area contributed by atoms with Crippen LogP contribution in [0.5, 0.6) is 5.75 Å². The highest BCUT2D eigenvalue weighted by Gasteiger charge is 2.46. The number of aliphatic hydroxyl groups is 1. The minimum absolute atomic E-state index is 0.00263. The molecule has 1 aromatic carbocycles. The van der Waals surface area contributed by atoms with E-state index in [4.69, 9.17) is 9.47 Å². The van der Waals surface area contributed by atoms with Gasteiger partial charge in [0.1, 0.15) is 17.6 Å². The number of carbonyl (C=O) groups excluding carboxylic acids is 2. The number of hydrogen-bond donors (Lipinski definition) is 1. The summed E-state index contributed by atoms with van der Waals surface area (Å²) in [5.41, 5.74) is 2.03. The van der Waals surface area contributed by atoms with Gasteiger partial charge in [0.05, 0.1) is 30.6 Å². The number of aryl methyl sites for hydroxylation is 1. The van der Waals surface area contributed by atoms with E-state index in [1.807, 2.05) is 19.9 Å². The van der Waals surface area contributed by atoms with E-state index in [0.717, 1.165) is 24.2 Å². The van der Waals surface area contributed by atoms with Crippen LogP contribution >= 0.6 is 0 Å². The Bertz CT molecular complexity index is 1020. The second-order valence-electron chi connectivity index (χ2n) is 7.94. The molecule has 3 heterocycles. The standard InChI is InChI=1S/C24H26N2O5/c1-15(2)30-13-11-26-21(18-7-3-4-10-25-18)20(23(28)24(26)29)22(27)17-8-9-19-16(14-17)6-5-12-31-19/h3-4,7-10,14-15,21,27H,5-6,11-13H2,1-2H3/b22-20-. The van der Waals surface area contributed by atoms with Gasteiger partial charge >= 0.3 is 0 Å². The third-order valence-corrected chi connectivity index (χ3v) is 5.47. The number of pyridine rings is 1. The van der Waals surface area contributed by atoms with Gasteiger partial charge in [-0.3, -0.25) is 14.6 Å². The lowest BCUT2D eigenvalue weighted by Crippen LogP contribution is -2.33. The summed E-state index contributed by atoms with van der Waals surface area (Å²) in [7, 11) is 0. The molecule has 1 saturated heterocycles. The SMILES string of the molecule is CC(C)OCCN1C(=O)C(=O)/C(=C(\O)c2ccc3c(c2)CCCO3)C1c1ccccn1. The second kappa shape index (κ2) is 8.89. The lowest BCUT2D eigenvalue weighted by atomic mass is 9.96. The van der Waals surface area contributed by atoms with Crippen molar-refractivity contribution in [2.75, 3.05) is 19.8 Å². The maximum atomic E-state index is 13.0. The van der Waals surface area contributed by atoms with Crippen LogP contribution in [0, 0.1) is 0 Å². The third kappa shape index (κ3) is 4.18. The van der Waals surface area contributed by atoms with Crippen LogP contribution in [0.25, 0.3) is 5.76 Å². The first-order valence-electron chi connectivity index (χ1n) is 10.5. The fourth-order valence-corrected chi connectivity index (χ4v) is 4.01. The van der Waals surface area contributed by atoms with Gasteiger partial charge in [-0.05, 0) is 62.6 Å². The summed E-state index contributed by atoms with van der Waals surface area (Å²) in [4.78, 5) is 31.7. The summed E-state index contributed by atoms with van der Waals surface area (Å²) >= 11 is 0. The van der Waals surface area contributed by atoms with E-state index in [1.165, 1.54) is 4.90 Å². The highest BCUT2D eigenvalue weighted by atomic mass is 16.5. The van der Waals surface area contributed by atoms with E-state index in [2.05, 4.69) is 4.98 Å². The van der Waals surface area contributed by atoms with Gasteiger partial charge in [0.25, 0.3) is 11.7 Å². The molecule has 7 heteroatoms. The Labute approximate surface area is 181 Å². The van der Waals surface area contributed by atoms with Crippen molar-refractivity contribution >= 4 is 17.4 Å². The van der Waals surface area contributed by atoms with Crippen molar-refractivity contribution in [3.05, 3.63) is 65.0 Å². The van der Waals surface area contributed by atoms with Crippen LogP contribution in [-0.4, -0.2) is 52.5 Å². The van der Waals surface area contributed by atoms with E-state index in [9.17, 15) is 14.7 Å². The van der Waals surface area contributed by atoms with Crippen LogP contribution in [0.3, 0.4) is 0 Å². The lowest BCUT2D eigenvalue weighted by molar-refractivity contribution is -0.140. The highest BCUT2D eigenvalue weighted by molar-refractivity contribution is 6.46. The van der Waals surface area contributed by atoms with Gasteiger partial charge in [0.2, 0.25) is 0 Å². The second-order valence-corrected chi connectivity index (χ2v) is 7.94. The van der Waals surface area contributed by atoms with Gasteiger partial charge in [-0.15, -0.1) is 0 Å². The van der Waals surface area contributed by atoms with Gasteiger partial charge in [-0.25, -0.2) is 0 Å². The summed E-state index contributed by atoms with van der Waals surface area (Å²) in [6.07, 6.45) is 3.34. The Morgan fingerprint density at radius 3 is 2.87 bits per heavy atom. The van der Waals surface area contributed by atoms with Gasteiger partial charge in [-0.1, -0.05) is 6.07 Å². The summed E-state index contributed by atoms with van der Waals surface area (Å²) in [6.45, 7) is 4.99. The zero-order valence-corrected chi connectivity index (χ0v) is 17.7. The zero-order chi connectivity index (χ0) is 22.0. The van der Waals surface area contributed by atoms with E-state index in [1.54, 1.807) is 36.5 Å². The van der Waals surface area contributed by atoms with E-state index >= 15 is 0 Å². The predicted molar refractivity (Wildman–Crippen MR) is 115 cm³/mol. The van der Waals surface area contributed by atoms with Crippen molar-refractivity contribution in [2.24, 2.45) is 0 Å².